The van der Waals surface area contributed by atoms with Gasteiger partial charge in [0.2, 0.25) is 0 Å². The van der Waals surface area contributed by atoms with E-state index in [9.17, 15) is 13.2 Å². The number of aliphatic imine (C=N–C) groups is 1. The van der Waals surface area contributed by atoms with E-state index in [1.807, 2.05) is 6.92 Å². The Hall–Kier alpha value is -1.08. The fourth-order valence-corrected chi connectivity index (χ4v) is 1.81. The van der Waals surface area contributed by atoms with E-state index in [1.165, 1.54) is 12.1 Å². The number of nitrogens with one attached hydrogen (secondary N) is 1. The van der Waals surface area contributed by atoms with Gasteiger partial charge in [-0.2, -0.15) is 13.2 Å². The number of hydrogen-bond acceptors (Lipinski definition) is 2. The Morgan fingerprint density at radius 2 is 2.11 bits per heavy atom. The average Bonchev–Trinajstić information content (AvgIpc) is 2.30. The summed E-state index contributed by atoms with van der Waals surface area (Å²) in [6.45, 7) is 2.41. The SMILES string of the molecule is CCCN=C(NN)c1ccc(Br)c(C(F)(F)F)c1. The van der Waals surface area contributed by atoms with Crippen LogP contribution < -0.4 is 11.3 Å². The van der Waals surface area contributed by atoms with Crippen LogP contribution in [0.15, 0.2) is 27.7 Å². The van der Waals surface area contributed by atoms with Gasteiger partial charge >= 0.3 is 6.18 Å². The lowest BCUT2D eigenvalue weighted by atomic mass is 10.1. The fraction of sp³-hybridized carbons (Fsp3) is 0.364. The van der Waals surface area contributed by atoms with Crippen molar-refractivity contribution in [1.29, 1.82) is 0 Å². The molecule has 0 aliphatic rings. The summed E-state index contributed by atoms with van der Waals surface area (Å²) in [7, 11) is 0. The molecule has 1 aromatic rings. The Kier molecular flexibility index (Phi) is 5.15. The van der Waals surface area contributed by atoms with E-state index in [0.29, 0.717) is 12.1 Å². The first-order valence-electron chi connectivity index (χ1n) is 5.28. The molecular formula is C11H13BrF3N3. The van der Waals surface area contributed by atoms with Crippen LogP contribution in [-0.4, -0.2) is 12.4 Å². The zero-order valence-electron chi connectivity index (χ0n) is 9.68. The Bertz CT molecular complexity index is 444. The minimum absolute atomic E-state index is 0.00869. The zero-order chi connectivity index (χ0) is 13.8. The van der Waals surface area contributed by atoms with Crippen LogP contribution in [-0.2, 0) is 6.18 Å². The molecule has 0 fully saturated rings. The van der Waals surface area contributed by atoms with Gasteiger partial charge in [0.05, 0.1) is 5.56 Å². The highest BCUT2D eigenvalue weighted by Crippen LogP contribution is 2.35. The van der Waals surface area contributed by atoms with Crippen molar-refractivity contribution in [2.45, 2.75) is 19.5 Å². The number of rotatable bonds is 3. The number of hydrogen-bond donors (Lipinski definition) is 2. The van der Waals surface area contributed by atoms with Gasteiger partial charge in [-0.3, -0.25) is 4.99 Å². The van der Waals surface area contributed by atoms with Gasteiger partial charge in [0, 0.05) is 16.6 Å². The van der Waals surface area contributed by atoms with Crippen LogP contribution >= 0.6 is 15.9 Å². The molecule has 0 radical (unpaired) electrons. The molecule has 18 heavy (non-hydrogen) atoms. The molecule has 0 aliphatic carbocycles. The maximum Gasteiger partial charge on any atom is 0.417 e. The van der Waals surface area contributed by atoms with Gasteiger partial charge < -0.3 is 5.43 Å². The van der Waals surface area contributed by atoms with Crippen molar-refractivity contribution in [2.75, 3.05) is 6.54 Å². The lowest BCUT2D eigenvalue weighted by Gasteiger charge is -2.12. The number of nitrogens with two attached hydrogens (primary N) is 1. The monoisotopic (exact) mass is 323 g/mol. The molecule has 0 saturated carbocycles. The minimum Gasteiger partial charge on any atom is -0.308 e. The second-order valence-corrected chi connectivity index (χ2v) is 4.42. The lowest BCUT2D eigenvalue weighted by molar-refractivity contribution is -0.138. The molecule has 3 nitrogen and oxygen atoms in total. The molecule has 1 rings (SSSR count). The van der Waals surface area contributed by atoms with Gasteiger partial charge in [-0.25, -0.2) is 5.84 Å². The predicted molar refractivity (Wildman–Crippen MR) is 68.2 cm³/mol. The molecule has 0 amide bonds. The van der Waals surface area contributed by atoms with Crippen molar-refractivity contribution in [3.8, 4) is 0 Å². The van der Waals surface area contributed by atoms with Crippen LogP contribution in [0, 0.1) is 0 Å². The molecule has 3 N–H and O–H groups in total. The normalized spacial score (nSPS) is 12.7. The van der Waals surface area contributed by atoms with Crippen LogP contribution in [0.5, 0.6) is 0 Å². The molecule has 0 heterocycles. The van der Waals surface area contributed by atoms with E-state index >= 15 is 0 Å². The van der Waals surface area contributed by atoms with Crippen molar-refractivity contribution in [2.24, 2.45) is 10.8 Å². The first kappa shape index (κ1) is 15.0. The number of hydrazine groups is 1. The molecule has 0 atom stereocenters. The summed E-state index contributed by atoms with van der Waals surface area (Å²) in [6, 6.07) is 3.86. The summed E-state index contributed by atoms with van der Waals surface area (Å²) in [5.74, 6) is 5.51. The third-order valence-corrected chi connectivity index (χ3v) is 2.87. The number of nitrogens with zero attached hydrogens (tertiary/aromatic N) is 1. The smallest absolute Gasteiger partial charge is 0.308 e. The van der Waals surface area contributed by atoms with Crippen molar-refractivity contribution in [3.05, 3.63) is 33.8 Å². The third kappa shape index (κ3) is 3.71. The minimum atomic E-state index is -4.42. The van der Waals surface area contributed by atoms with Crippen LogP contribution in [0.2, 0.25) is 0 Å². The molecule has 0 aromatic heterocycles. The second kappa shape index (κ2) is 6.19. The molecule has 0 unspecified atom stereocenters. The summed E-state index contributed by atoms with van der Waals surface area (Å²) >= 11 is 2.88. The molecule has 0 aliphatic heterocycles. The molecule has 7 heteroatoms. The maximum absolute atomic E-state index is 12.7. The van der Waals surface area contributed by atoms with Gasteiger partial charge in [-0.1, -0.05) is 28.9 Å². The van der Waals surface area contributed by atoms with Gasteiger partial charge in [-0.15, -0.1) is 0 Å². The van der Waals surface area contributed by atoms with Crippen LogP contribution in [0.3, 0.4) is 0 Å². The topological polar surface area (TPSA) is 50.4 Å². The summed E-state index contributed by atoms with van der Waals surface area (Å²) in [5.41, 5.74) is 1.88. The highest BCUT2D eigenvalue weighted by molar-refractivity contribution is 9.10. The van der Waals surface area contributed by atoms with Crippen molar-refractivity contribution in [1.82, 2.24) is 5.43 Å². The molecule has 100 valence electrons. The first-order valence-corrected chi connectivity index (χ1v) is 6.07. The van der Waals surface area contributed by atoms with E-state index in [4.69, 9.17) is 5.84 Å². The molecule has 0 spiro atoms. The van der Waals surface area contributed by atoms with Crippen molar-refractivity contribution in [3.63, 3.8) is 0 Å². The largest absolute Gasteiger partial charge is 0.417 e. The van der Waals surface area contributed by atoms with Crippen molar-refractivity contribution >= 4 is 21.8 Å². The van der Waals surface area contributed by atoms with Gasteiger partial charge in [0.1, 0.15) is 5.84 Å². The fourth-order valence-electron chi connectivity index (χ4n) is 1.33. The molecular weight excluding hydrogens is 311 g/mol. The number of benzene rings is 1. The van der Waals surface area contributed by atoms with Crippen LogP contribution in [0.25, 0.3) is 0 Å². The van der Waals surface area contributed by atoms with Crippen LogP contribution in [0.4, 0.5) is 13.2 Å². The van der Waals surface area contributed by atoms with Crippen LogP contribution in [0.1, 0.15) is 24.5 Å². The standard InChI is InChI=1S/C11H13BrF3N3/c1-2-5-17-10(18-16)7-3-4-9(12)8(6-7)11(13,14)15/h3-4,6H,2,5,16H2,1H3,(H,17,18). The van der Waals surface area contributed by atoms with E-state index in [1.54, 1.807) is 0 Å². The average molecular weight is 324 g/mol. The molecule has 0 saturated heterocycles. The molecule has 1 aromatic carbocycles. The lowest BCUT2D eigenvalue weighted by Crippen LogP contribution is -2.31. The number of halogens is 4. The number of amidine groups is 1. The Morgan fingerprint density at radius 3 is 2.61 bits per heavy atom. The van der Waals surface area contributed by atoms with Gasteiger partial charge in [0.25, 0.3) is 0 Å². The highest BCUT2D eigenvalue weighted by atomic mass is 79.9. The van der Waals surface area contributed by atoms with E-state index < -0.39 is 11.7 Å². The molecule has 0 bridgehead atoms. The highest BCUT2D eigenvalue weighted by Gasteiger charge is 2.33. The summed E-state index contributed by atoms with van der Waals surface area (Å²) in [4.78, 5) is 4.08. The van der Waals surface area contributed by atoms with E-state index in [0.717, 1.165) is 12.5 Å². The summed E-state index contributed by atoms with van der Waals surface area (Å²) < 4.78 is 38.2. The summed E-state index contributed by atoms with van der Waals surface area (Å²) in [6.07, 6.45) is -3.63. The first-order chi connectivity index (χ1) is 8.40. The summed E-state index contributed by atoms with van der Waals surface area (Å²) in [5, 5.41) is 0. The van der Waals surface area contributed by atoms with E-state index in [2.05, 4.69) is 26.3 Å². The van der Waals surface area contributed by atoms with Gasteiger partial charge in [-0.05, 0) is 18.6 Å². The Morgan fingerprint density at radius 1 is 1.44 bits per heavy atom. The van der Waals surface area contributed by atoms with Crippen molar-refractivity contribution < 1.29 is 13.2 Å². The maximum atomic E-state index is 12.7. The number of alkyl halides is 3. The predicted octanol–water partition coefficient (Wildman–Crippen LogP) is 3.09. The van der Waals surface area contributed by atoms with E-state index in [-0.39, 0.29) is 10.3 Å². The third-order valence-electron chi connectivity index (χ3n) is 2.18. The zero-order valence-corrected chi connectivity index (χ0v) is 11.3. The Labute approximate surface area is 111 Å². The Balaban J connectivity index is 3.19. The van der Waals surface area contributed by atoms with Gasteiger partial charge in [0.15, 0.2) is 0 Å². The second-order valence-electron chi connectivity index (χ2n) is 3.57. The quantitative estimate of drug-likeness (QED) is 0.388.